The molecule has 1 aromatic heterocycles. The summed E-state index contributed by atoms with van der Waals surface area (Å²) in [7, 11) is 1.63. The third-order valence-corrected chi connectivity index (χ3v) is 4.48. The maximum absolute atomic E-state index is 12.4. The van der Waals surface area contributed by atoms with Gasteiger partial charge in [0.1, 0.15) is 11.4 Å². The molecular weight excluding hydrogens is 334 g/mol. The predicted octanol–water partition coefficient (Wildman–Crippen LogP) is 4.39. The smallest absolute Gasteiger partial charge is 0.271 e. The monoisotopic (exact) mass is 353 g/mol. The van der Waals surface area contributed by atoms with Crippen molar-refractivity contribution in [2.75, 3.05) is 12.4 Å². The Bertz CT molecular complexity index is 831. The second-order valence-electron chi connectivity index (χ2n) is 5.50. The van der Waals surface area contributed by atoms with Crippen molar-refractivity contribution < 1.29 is 9.53 Å². The fraction of sp³-hybridized carbons (Fsp3) is 0.158. The maximum Gasteiger partial charge on any atom is 0.271 e. The van der Waals surface area contributed by atoms with Gasteiger partial charge in [-0.2, -0.15) is 0 Å². The van der Waals surface area contributed by atoms with Crippen molar-refractivity contribution in [1.29, 1.82) is 0 Å². The molecule has 0 aliphatic carbocycles. The summed E-state index contributed by atoms with van der Waals surface area (Å²) >= 11 is 1.39. The number of aromatic nitrogens is 1. The Labute approximate surface area is 150 Å². The summed E-state index contributed by atoms with van der Waals surface area (Å²) in [6.07, 6.45) is 0. The molecule has 0 fully saturated rings. The minimum atomic E-state index is -0.185. The van der Waals surface area contributed by atoms with Crippen LogP contribution in [-0.4, -0.2) is 18.0 Å². The van der Waals surface area contributed by atoms with E-state index in [1.165, 1.54) is 11.3 Å². The van der Waals surface area contributed by atoms with Crippen LogP contribution >= 0.6 is 11.3 Å². The van der Waals surface area contributed by atoms with E-state index in [0.29, 0.717) is 10.8 Å². The molecule has 2 N–H and O–H groups in total. The first-order valence-corrected chi connectivity index (χ1v) is 8.76. The lowest BCUT2D eigenvalue weighted by Gasteiger charge is -2.13. The molecule has 5 nitrogen and oxygen atoms in total. The quantitative estimate of drug-likeness (QED) is 0.690. The Morgan fingerprint density at radius 3 is 2.52 bits per heavy atom. The first-order valence-electron chi connectivity index (χ1n) is 7.88. The van der Waals surface area contributed by atoms with Crippen LogP contribution < -0.4 is 15.4 Å². The number of ether oxygens (including phenoxy) is 1. The van der Waals surface area contributed by atoms with Gasteiger partial charge in [0.2, 0.25) is 0 Å². The highest BCUT2D eigenvalue weighted by molar-refractivity contribution is 7.14. The number of hydrogen-bond acceptors (Lipinski definition) is 5. The van der Waals surface area contributed by atoms with E-state index in [0.717, 1.165) is 17.0 Å². The van der Waals surface area contributed by atoms with Gasteiger partial charge < -0.3 is 15.4 Å². The average molecular weight is 353 g/mol. The van der Waals surface area contributed by atoms with Crippen molar-refractivity contribution in [1.82, 2.24) is 10.3 Å². The lowest BCUT2D eigenvalue weighted by Crippen LogP contribution is -2.26. The molecule has 0 aliphatic rings. The number of carbonyl (C=O) groups excluding carboxylic acids is 1. The molecule has 1 heterocycles. The highest BCUT2D eigenvalue weighted by Crippen LogP contribution is 2.23. The third kappa shape index (κ3) is 4.36. The molecule has 0 unspecified atom stereocenters. The van der Waals surface area contributed by atoms with E-state index in [1.807, 2.05) is 61.5 Å². The normalized spacial score (nSPS) is 11.6. The zero-order valence-electron chi connectivity index (χ0n) is 14.0. The molecule has 25 heavy (non-hydrogen) atoms. The Hall–Kier alpha value is -2.86. The fourth-order valence-corrected chi connectivity index (χ4v) is 3.04. The number of thiazole rings is 1. The summed E-state index contributed by atoms with van der Waals surface area (Å²) in [5, 5.41) is 8.57. The number of nitrogens with zero attached hydrogens (tertiary/aromatic N) is 1. The molecule has 6 heteroatoms. The largest absolute Gasteiger partial charge is 0.497 e. The first-order chi connectivity index (χ1) is 12.2. The van der Waals surface area contributed by atoms with Crippen LogP contribution in [0.1, 0.15) is 29.0 Å². The van der Waals surface area contributed by atoms with Crippen molar-refractivity contribution in [2.45, 2.75) is 13.0 Å². The van der Waals surface area contributed by atoms with Crippen molar-refractivity contribution in [3.63, 3.8) is 0 Å². The standard InChI is InChI=1S/C19H19N3O2S/c1-13(14-6-4-3-5-7-14)20-18(23)17-12-25-19(22-17)21-15-8-10-16(24-2)11-9-15/h3-13H,1-2H3,(H,20,23)(H,21,22)/t13-/m1/s1. The van der Waals surface area contributed by atoms with E-state index in [1.54, 1.807) is 12.5 Å². The molecule has 128 valence electrons. The van der Waals surface area contributed by atoms with Gasteiger partial charge in [-0.1, -0.05) is 30.3 Å². The van der Waals surface area contributed by atoms with Gasteiger partial charge in [0.05, 0.1) is 13.2 Å². The summed E-state index contributed by atoms with van der Waals surface area (Å²) in [5.74, 6) is 0.607. The number of nitrogens with one attached hydrogen (secondary N) is 2. The Kier molecular flexibility index (Phi) is 5.30. The van der Waals surface area contributed by atoms with E-state index < -0.39 is 0 Å². The number of amides is 1. The summed E-state index contributed by atoms with van der Waals surface area (Å²) in [5.41, 5.74) is 2.35. The van der Waals surface area contributed by atoms with Crippen LogP contribution in [0.4, 0.5) is 10.8 Å². The number of methoxy groups -OCH3 is 1. The number of carbonyl (C=O) groups is 1. The van der Waals surface area contributed by atoms with Gasteiger partial charge in [0.25, 0.3) is 5.91 Å². The van der Waals surface area contributed by atoms with Crippen LogP contribution in [0.3, 0.4) is 0 Å². The highest BCUT2D eigenvalue weighted by atomic mass is 32.1. The Morgan fingerprint density at radius 1 is 1.12 bits per heavy atom. The van der Waals surface area contributed by atoms with E-state index in [2.05, 4.69) is 15.6 Å². The lowest BCUT2D eigenvalue weighted by molar-refractivity contribution is 0.0935. The van der Waals surface area contributed by atoms with Crippen LogP contribution in [-0.2, 0) is 0 Å². The summed E-state index contributed by atoms with van der Waals surface area (Å²) < 4.78 is 5.13. The van der Waals surface area contributed by atoms with Crippen molar-refractivity contribution in [2.24, 2.45) is 0 Å². The maximum atomic E-state index is 12.4. The van der Waals surface area contributed by atoms with Gasteiger partial charge >= 0.3 is 0 Å². The van der Waals surface area contributed by atoms with E-state index in [9.17, 15) is 4.79 Å². The number of benzene rings is 2. The van der Waals surface area contributed by atoms with Gasteiger partial charge in [-0.3, -0.25) is 4.79 Å². The summed E-state index contributed by atoms with van der Waals surface area (Å²) in [4.78, 5) is 16.7. The topological polar surface area (TPSA) is 63.2 Å². The van der Waals surface area contributed by atoms with Crippen LogP contribution in [0.5, 0.6) is 5.75 Å². The highest BCUT2D eigenvalue weighted by Gasteiger charge is 2.14. The molecular formula is C19H19N3O2S. The van der Waals surface area contributed by atoms with Gasteiger partial charge in [0, 0.05) is 11.1 Å². The Morgan fingerprint density at radius 2 is 1.84 bits per heavy atom. The second kappa shape index (κ2) is 7.81. The zero-order chi connectivity index (χ0) is 17.6. The second-order valence-corrected chi connectivity index (χ2v) is 6.36. The summed E-state index contributed by atoms with van der Waals surface area (Å²) in [6.45, 7) is 1.95. The molecule has 1 amide bonds. The lowest BCUT2D eigenvalue weighted by atomic mass is 10.1. The molecule has 3 rings (SSSR count). The molecule has 0 saturated heterocycles. The van der Waals surface area contributed by atoms with Gasteiger partial charge in [-0.25, -0.2) is 4.98 Å². The molecule has 0 spiro atoms. The zero-order valence-corrected chi connectivity index (χ0v) is 14.8. The van der Waals surface area contributed by atoms with Gasteiger partial charge in [-0.15, -0.1) is 11.3 Å². The van der Waals surface area contributed by atoms with Crippen LogP contribution in [0.15, 0.2) is 60.0 Å². The van der Waals surface area contributed by atoms with E-state index in [4.69, 9.17) is 4.74 Å². The number of rotatable bonds is 6. The van der Waals surface area contributed by atoms with Crippen LogP contribution in [0, 0.1) is 0 Å². The average Bonchev–Trinajstić information content (AvgIpc) is 3.12. The minimum Gasteiger partial charge on any atom is -0.497 e. The predicted molar refractivity (Wildman–Crippen MR) is 101 cm³/mol. The minimum absolute atomic E-state index is 0.0756. The number of hydrogen-bond donors (Lipinski definition) is 2. The molecule has 0 saturated carbocycles. The van der Waals surface area contributed by atoms with Crippen LogP contribution in [0.25, 0.3) is 0 Å². The third-order valence-electron chi connectivity index (χ3n) is 3.73. The number of anilines is 2. The fourth-order valence-electron chi connectivity index (χ4n) is 2.33. The van der Waals surface area contributed by atoms with E-state index >= 15 is 0 Å². The van der Waals surface area contributed by atoms with Gasteiger partial charge in [0.15, 0.2) is 5.13 Å². The SMILES string of the molecule is COc1ccc(Nc2nc(C(=O)N[C@H](C)c3ccccc3)cs2)cc1. The molecule has 3 aromatic rings. The molecule has 0 aliphatic heterocycles. The van der Waals surface area contributed by atoms with E-state index in [-0.39, 0.29) is 11.9 Å². The van der Waals surface area contributed by atoms with Crippen molar-refractivity contribution >= 4 is 28.1 Å². The van der Waals surface area contributed by atoms with Crippen LogP contribution in [0.2, 0.25) is 0 Å². The molecule has 1 atom stereocenters. The molecule has 0 radical (unpaired) electrons. The van der Waals surface area contributed by atoms with Gasteiger partial charge in [-0.05, 0) is 36.8 Å². The van der Waals surface area contributed by atoms with Crippen molar-refractivity contribution in [3.05, 3.63) is 71.2 Å². The molecule has 2 aromatic carbocycles. The molecule has 0 bridgehead atoms. The summed E-state index contributed by atoms with van der Waals surface area (Å²) in [6, 6.07) is 17.3. The Balaban J connectivity index is 1.63. The first kappa shape index (κ1) is 17.0. The van der Waals surface area contributed by atoms with Crippen molar-refractivity contribution in [3.8, 4) is 5.75 Å².